The van der Waals surface area contributed by atoms with Crippen molar-refractivity contribution in [1.29, 1.82) is 0 Å². The highest BCUT2D eigenvalue weighted by Crippen LogP contribution is 2.28. The van der Waals surface area contributed by atoms with Crippen LogP contribution in [0, 0.1) is 12.7 Å². The van der Waals surface area contributed by atoms with Crippen LogP contribution in [-0.2, 0) is 22.3 Å². The second-order valence-electron chi connectivity index (χ2n) is 8.31. The number of hydrogen-bond acceptors (Lipinski definition) is 4. The van der Waals surface area contributed by atoms with Crippen molar-refractivity contribution in [1.82, 2.24) is 4.72 Å². The minimum absolute atomic E-state index is 0.0750. The van der Waals surface area contributed by atoms with Crippen molar-refractivity contribution in [3.8, 4) is 22.6 Å². The lowest BCUT2D eigenvalue weighted by Crippen LogP contribution is -2.24. The molecule has 0 aromatic heterocycles. The van der Waals surface area contributed by atoms with Crippen molar-refractivity contribution in [2.75, 3.05) is 0 Å². The standard InChI is InChI=1S/C28H24FNO5S/c1-19-16-21(18-36(33,34)30-17-20-2-5-23(6-3-20)28(31)32)4-15-27(19)22-7-11-25(12-8-22)35-26-13-9-24(29)10-14-26/h2-16,30H,17-18H2,1H3,(H,31,32). The Balaban J connectivity index is 1.39. The first-order chi connectivity index (χ1) is 17.2. The van der Waals surface area contributed by atoms with Gasteiger partial charge in [-0.1, -0.05) is 42.5 Å². The van der Waals surface area contributed by atoms with E-state index in [-0.39, 0.29) is 23.7 Å². The molecule has 36 heavy (non-hydrogen) atoms. The van der Waals surface area contributed by atoms with Crippen molar-refractivity contribution >= 4 is 16.0 Å². The minimum Gasteiger partial charge on any atom is -0.478 e. The maximum absolute atomic E-state index is 13.1. The van der Waals surface area contributed by atoms with Crippen molar-refractivity contribution in [3.63, 3.8) is 0 Å². The lowest BCUT2D eigenvalue weighted by atomic mass is 9.99. The fourth-order valence-electron chi connectivity index (χ4n) is 3.71. The number of carbonyl (C=O) groups is 1. The fraction of sp³-hybridized carbons (Fsp3) is 0.107. The number of aryl methyl sites for hydroxylation is 1. The van der Waals surface area contributed by atoms with Gasteiger partial charge in [-0.15, -0.1) is 0 Å². The van der Waals surface area contributed by atoms with Crippen LogP contribution in [0.5, 0.6) is 11.5 Å². The van der Waals surface area contributed by atoms with Gasteiger partial charge in [-0.2, -0.15) is 0 Å². The Morgan fingerprint density at radius 2 is 1.44 bits per heavy atom. The van der Waals surface area contributed by atoms with E-state index in [9.17, 15) is 17.6 Å². The molecule has 4 aromatic carbocycles. The number of nitrogens with one attached hydrogen (secondary N) is 1. The molecule has 0 aliphatic rings. The van der Waals surface area contributed by atoms with E-state index in [1.165, 1.54) is 24.3 Å². The summed E-state index contributed by atoms with van der Waals surface area (Å²) in [5, 5.41) is 8.96. The van der Waals surface area contributed by atoms with Crippen LogP contribution in [0.25, 0.3) is 11.1 Å². The highest BCUT2D eigenvalue weighted by molar-refractivity contribution is 7.88. The van der Waals surface area contributed by atoms with Gasteiger partial charge >= 0.3 is 5.97 Å². The molecule has 0 heterocycles. The van der Waals surface area contributed by atoms with Crippen LogP contribution in [0.3, 0.4) is 0 Å². The molecule has 0 bridgehead atoms. The third-order valence-electron chi connectivity index (χ3n) is 5.56. The van der Waals surface area contributed by atoms with Crippen LogP contribution >= 0.6 is 0 Å². The fourth-order valence-corrected chi connectivity index (χ4v) is 4.82. The van der Waals surface area contributed by atoms with Crippen molar-refractivity contribution in [2.24, 2.45) is 0 Å². The Kier molecular flexibility index (Phi) is 7.47. The zero-order valence-corrected chi connectivity index (χ0v) is 20.3. The average molecular weight is 506 g/mol. The summed E-state index contributed by atoms with van der Waals surface area (Å²) in [6, 6.07) is 24.8. The Bertz CT molecular complexity index is 1470. The predicted molar refractivity (Wildman–Crippen MR) is 136 cm³/mol. The van der Waals surface area contributed by atoms with Crippen LogP contribution in [0.4, 0.5) is 4.39 Å². The lowest BCUT2D eigenvalue weighted by Gasteiger charge is -2.12. The summed E-state index contributed by atoms with van der Waals surface area (Å²) in [5.74, 6) is -0.375. The van der Waals surface area contributed by atoms with Gasteiger partial charge in [0.15, 0.2) is 0 Å². The molecule has 0 spiro atoms. The first-order valence-corrected chi connectivity index (χ1v) is 12.8. The quantitative estimate of drug-likeness (QED) is 0.295. The predicted octanol–water partition coefficient (Wildman–Crippen LogP) is 5.91. The third kappa shape index (κ3) is 6.56. The second-order valence-corrected chi connectivity index (χ2v) is 10.1. The van der Waals surface area contributed by atoms with Gasteiger partial charge in [0.2, 0.25) is 10.0 Å². The summed E-state index contributed by atoms with van der Waals surface area (Å²) in [7, 11) is -3.60. The first-order valence-electron chi connectivity index (χ1n) is 11.1. The maximum atomic E-state index is 13.1. The minimum atomic E-state index is -3.60. The number of hydrogen-bond donors (Lipinski definition) is 2. The molecule has 0 saturated heterocycles. The highest BCUT2D eigenvalue weighted by atomic mass is 32.2. The van der Waals surface area contributed by atoms with Crippen molar-refractivity contribution in [2.45, 2.75) is 19.2 Å². The van der Waals surface area contributed by atoms with E-state index in [1.807, 2.05) is 43.3 Å². The molecular weight excluding hydrogens is 481 g/mol. The summed E-state index contributed by atoms with van der Waals surface area (Å²) in [4.78, 5) is 10.9. The number of sulfonamides is 1. The van der Waals surface area contributed by atoms with E-state index < -0.39 is 16.0 Å². The van der Waals surface area contributed by atoms with E-state index >= 15 is 0 Å². The third-order valence-corrected chi connectivity index (χ3v) is 6.86. The molecule has 4 aromatic rings. The van der Waals surface area contributed by atoms with E-state index in [2.05, 4.69) is 4.72 Å². The Morgan fingerprint density at radius 3 is 2.03 bits per heavy atom. The molecule has 4 rings (SSSR count). The Hall–Kier alpha value is -4.01. The molecule has 0 amide bonds. The smallest absolute Gasteiger partial charge is 0.335 e. The monoisotopic (exact) mass is 505 g/mol. The van der Waals surface area contributed by atoms with Crippen LogP contribution < -0.4 is 9.46 Å². The van der Waals surface area contributed by atoms with Gasteiger partial charge < -0.3 is 9.84 Å². The zero-order valence-electron chi connectivity index (χ0n) is 19.4. The van der Waals surface area contributed by atoms with Crippen LogP contribution in [0.1, 0.15) is 27.0 Å². The van der Waals surface area contributed by atoms with E-state index in [1.54, 1.807) is 30.3 Å². The molecular formula is C28H24FNO5S. The Morgan fingerprint density at radius 1 is 0.861 bits per heavy atom. The molecule has 0 atom stereocenters. The number of carboxylic acid groups (broad SMARTS) is 1. The molecule has 0 aliphatic heterocycles. The van der Waals surface area contributed by atoms with Gasteiger partial charge in [-0.25, -0.2) is 22.3 Å². The molecule has 0 fully saturated rings. The number of ether oxygens (including phenoxy) is 1. The largest absolute Gasteiger partial charge is 0.478 e. The molecule has 184 valence electrons. The molecule has 8 heteroatoms. The molecule has 6 nitrogen and oxygen atoms in total. The second kappa shape index (κ2) is 10.7. The maximum Gasteiger partial charge on any atom is 0.335 e. The topological polar surface area (TPSA) is 92.7 Å². The number of rotatable bonds is 9. The first kappa shape index (κ1) is 25.1. The molecule has 0 unspecified atom stereocenters. The highest BCUT2D eigenvalue weighted by Gasteiger charge is 2.13. The van der Waals surface area contributed by atoms with Crippen LogP contribution in [0.15, 0.2) is 91.0 Å². The van der Waals surface area contributed by atoms with Crippen molar-refractivity contribution in [3.05, 3.63) is 119 Å². The SMILES string of the molecule is Cc1cc(CS(=O)(=O)NCc2ccc(C(=O)O)cc2)ccc1-c1ccc(Oc2ccc(F)cc2)cc1. The summed E-state index contributed by atoms with van der Waals surface area (Å²) in [5.41, 5.74) is 4.32. The van der Waals surface area contributed by atoms with Gasteiger partial charge in [0, 0.05) is 6.54 Å². The summed E-state index contributed by atoms with van der Waals surface area (Å²) in [6.45, 7) is 2.00. The molecule has 0 aliphatic carbocycles. The number of halogens is 1. The summed E-state index contributed by atoms with van der Waals surface area (Å²) in [6.07, 6.45) is 0. The number of aromatic carboxylic acids is 1. The summed E-state index contributed by atoms with van der Waals surface area (Å²) < 4.78 is 46.5. The Labute approximate surface area is 209 Å². The van der Waals surface area contributed by atoms with E-state index in [0.29, 0.717) is 22.6 Å². The lowest BCUT2D eigenvalue weighted by molar-refractivity contribution is 0.0697. The number of benzene rings is 4. The van der Waals surface area contributed by atoms with Crippen molar-refractivity contribution < 1.29 is 27.4 Å². The normalized spacial score (nSPS) is 11.3. The van der Waals surface area contributed by atoms with Gasteiger partial charge in [0.05, 0.1) is 11.3 Å². The van der Waals surface area contributed by atoms with E-state index in [4.69, 9.17) is 9.84 Å². The van der Waals surface area contributed by atoms with Gasteiger partial charge in [-0.05, 0) is 83.3 Å². The molecule has 0 radical (unpaired) electrons. The molecule has 2 N–H and O–H groups in total. The summed E-state index contributed by atoms with van der Waals surface area (Å²) >= 11 is 0. The van der Waals surface area contributed by atoms with Gasteiger partial charge in [-0.3, -0.25) is 0 Å². The number of carboxylic acids is 1. The van der Waals surface area contributed by atoms with Crippen LogP contribution in [0.2, 0.25) is 0 Å². The molecule has 0 saturated carbocycles. The van der Waals surface area contributed by atoms with Gasteiger partial charge in [0.1, 0.15) is 17.3 Å². The van der Waals surface area contributed by atoms with E-state index in [0.717, 1.165) is 16.7 Å². The van der Waals surface area contributed by atoms with Gasteiger partial charge in [0.25, 0.3) is 0 Å². The van der Waals surface area contributed by atoms with Crippen LogP contribution in [-0.4, -0.2) is 19.5 Å². The zero-order chi connectivity index (χ0) is 25.7. The average Bonchev–Trinajstić information content (AvgIpc) is 2.85.